The molecule has 1 heterocycles. The van der Waals surface area contributed by atoms with Crippen molar-refractivity contribution in [3.05, 3.63) is 12.2 Å². The number of hydroxylamine groups is 2. The number of ether oxygens (including phenoxy) is 1. The van der Waals surface area contributed by atoms with Gasteiger partial charge in [-0.3, -0.25) is 9.63 Å². The lowest BCUT2D eigenvalue weighted by molar-refractivity contribution is -0.172. The number of allylic oxidation sites excluding steroid dienone is 1. The molecule has 8 atom stereocenters. The van der Waals surface area contributed by atoms with E-state index >= 15 is 0 Å². The topological polar surface area (TPSA) is 99.2 Å². The van der Waals surface area contributed by atoms with Gasteiger partial charge >= 0.3 is 0 Å². The molecular formula is C43H91NO8Si4. The first-order valence-corrected chi connectivity index (χ1v) is 32.8. The zero-order chi connectivity index (χ0) is 44.5. The van der Waals surface area contributed by atoms with Crippen LogP contribution in [0.5, 0.6) is 0 Å². The molecule has 0 bridgehead atoms. The minimum atomic E-state index is -2.51. The normalized spacial score (nSPS) is 22.8. The molecule has 13 heteroatoms. The number of nitrogens with zero attached hydrogens (tertiary/aromatic N) is 1. The Morgan fingerprint density at radius 1 is 0.750 bits per heavy atom. The Kier molecular flexibility index (Phi) is 18.1. The molecule has 0 radical (unpaired) electrons. The predicted molar refractivity (Wildman–Crippen MR) is 245 cm³/mol. The van der Waals surface area contributed by atoms with Crippen molar-refractivity contribution in [3.63, 3.8) is 0 Å². The fourth-order valence-electron chi connectivity index (χ4n) is 6.01. The molecule has 0 saturated carbocycles. The van der Waals surface area contributed by atoms with Crippen LogP contribution in [0.3, 0.4) is 0 Å². The number of hydrogen-bond acceptors (Lipinski definition) is 8. The molecule has 1 amide bonds. The molecule has 1 rings (SSSR count). The predicted octanol–water partition coefficient (Wildman–Crippen LogP) is 11.2. The summed E-state index contributed by atoms with van der Waals surface area (Å²) in [6.45, 7) is 51.6. The molecule has 9 nitrogen and oxygen atoms in total. The van der Waals surface area contributed by atoms with Crippen LogP contribution in [0.4, 0.5) is 0 Å². The number of aliphatic hydroxyl groups is 1. The highest BCUT2D eigenvalue weighted by Crippen LogP contribution is 2.52. The highest BCUT2D eigenvalue weighted by molar-refractivity contribution is 6.75. The molecule has 0 aromatic heterocycles. The first-order valence-electron chi connectivity index (χ1n) is 21.2. The molecular weight excluding hydrogens is 771 g/mol. The highest BCUT2D eigenvalue weighted by Gasteiger charge is 2.64. The number of carbonyl (C=O) groups excluding carboxylic acids is 1. The summed E-state index contributed by atoms with van der Waals surface area (Å²) in [5.41, 5.74) is -0.691. The van der Waals surface area contributed by atoms with Gasteiger partial charge in [-0.05, 0) is 86.4 Å². The number of rotatable bonds is 20. The molecule has 1 aliphatic rings. The quantitative estimate of drug-likeness (QED) is 0.0559. The number of amides is 1. The van der Waals surface area contributed by atoms with Crippen LogP contribution in [0.2, 0.25) is 72.5 Å². The third-order valence-corrected chi connectivity index (χ3v) is 32.5. The summed E-state index contributed by atoms with van der Waals surface area (Å²) in [5.74, 6) is -1.20. The zero-order valence-electron chi connectivity index (χ0n) is 41.1. The van der Waals surface area contributed by atoms with E-state index in [2.05, 4.69) is 161 Å². The third kappa shape index (κ3) is 13.4. The van der Waals surface area contributed by atoms with E-state index in [4.69, 9.17) is 27.3 Å². The summed E-state index contributed by atoms with van der Waals surface area (Å²) in [6.07, 6.45) is 1.97. The minimum absolute atomic E-state index is 0.0255. The van der Waals surface area contributed by atoms with Gasteiger partial charge in [-0.15, -0.1) is 0 Å². The summed E-state index contributed by atoms with van der Waals surface area (Å²) in [4.78, 5) is 19.3. The summed E-state index contributed by atoms with van der Waals surface area (Å²) >= 11 is 0. The molecule has 56 heavy (non-hydrogen) atoms. The second kappa shape index (κ2) is 18.8. The number of aliphatic hydroxyl groups excluding tert-OH is 1. The van der Waals surface area contributed by atoms with Crippen molar-refractivity contribution in [2.24, 2.45) is 17.8 Å². The van der Waals surface area contributed by atoms with E-state index in [1.54, 1.807) is 7.05 Å². The Labute approximate surface area is 350 Å². The van der Waals surface area contributed by atoms with E-state index in [0.29, 0.717) is 0 Å². The van der Waals surface area contributed by atoms with Gasteiger partial charge in [0, 0.05) is 38.0 Å². The van der Waals surface area contributed by atoms with E-state index in [-0.39, 0.29) is 57.7 Å². The van der Waals surface area contributed by atoms with Crippen LogP contribution in [0.15, 0.2) is 12.2 Å². The summed E-state index contributed by atoms with van der Waals surface area (Å²) in [6, 6.07) is 0. The van der Waals surface area contributed by atoms with Crippen LogP contribution in [0.1, 0.15) is 110 Å². The smallest absolute Gasteiger partial charge is 0.248 e. The van der Waals surface area contributed by atoms with Gasteiger partial charge in [0.2, 0.25) is 5.91 Å². The summed E-state index contributed by atoms with van der Waals surface area (Å²) in [5, 5.41) is 14.3. The fourth-order valence-corrected chi connectivity index (χ4v) is 10.9. The van der Waals surface area contributed by atoms with E-state index in [1.807, 2.05) is 6.92 Å². The van der Waals surface area contributed by atoms with E-state index in [0.717, 1.165) is 0 Å². The molecule has 1 fully saturated rings. The van der Waals surface area contributed by atoms with Gasteiger partial charge in [0.25, 0.3) is 0 Å². The SMILES string of the molecule is C/C=C\[C@H](C)[C@H]1O[C@@]1(C)[C@@H](O[Si](C)(C)C(C)(C)C)[C@@H](CO[Si](C)(C)C(C)(C)C)[C@H](O)[C@H](CO[Si](C)(C)C(C)(C)C)[C@@H](CC(=O)N(C)OC)O[Si](C)(C)C(C)(C)C. The summed E-state index contributed by atoms with van der Waals surface area (Å²) in [7, 11) is -6.51. The van der Waals surface area contributed by atoms with Gasteiger partial charge < -0.3 is 27.5 Å². The molecule has 0 spiro atoms. The summed E-state index contributed by atoms with van der Waals surface area (Å²) < 4.78 is 35.8. The van der Waals surface area contributed by atoms with Crippen LogP contribution in [0, 0.1) is 17.8 Å². The second-order valence-electron chi connectivity index (χ2n) is 23.1. The monoisotopic (exact) mass is 862 g/mol. The van der Waals surface area contributed by atoms with Crippen molar-refractivity contribution >= 4 is 39.2 Å². The largest absolute Gasteiger partial charge is 0.416 e. The van der Waals surface area contributed by atoms with Gasteiger partial charge in [0.15, 0.2) is 33.3 Å². The lowest BCUT2D eigenvalue weighted by Crippen LogP contribution is -2.59. The molecule has 0 aliphatic carbocycles. The third-order valence-electron chi connectivity index (χ3n) is 14.5. The van der Waals surface area contributed by atoms with Crippen LogP contribution in [-0.2, 0) is 32.1 Å². The van der Waals surface area contributed by atoms with Crippen LogP contribution in [-0.4, -0.2) is 107 Å². The lowest BCUT2D eigenvalue weighted by Gasteiger charge is -2.48. The first kappa shape index (κ1) is 53.8. The Balaban J connectivity index is 4.31. The molecule has 1 N–H and O–H groups in total. The van der Waals surface area contributed by atoms with Gasteiger partial charge in [-0.25, -0.2) is 5.06 Å². The van der Waals surface area contributed by atoms with Crippen LogP contribution < -0.4 is 0 Å². The number of epoxide rings is 1. The van der Waals surface area contributed by atoms with Crippen LogP contribution in [0.25, 0.3) is 0 Å². The maximum Gasteiger partial charge on any atom is 0.248 e. The average Bonchev–Trinajstić information content (AvgIpc) is 3.70. The minimum Gasteiger partial charge on any atom is -0.416 e. The van der Waals surface area contributed by atoms with Crippen molar-refractivity contribution in [3.8, 4) is 0 Å². The standard InChI is InChI=1S/C43H91NO8Si4/c1-26-27-31(2)37-43(15,50-37)38(52-56(24,25)42(12,13)14)33(30-49-54(20,21)40(6,7)8)36(46)32(29-48-53(18,19)39(3,4)5)34(28-35(45)44(16)47-17)51-55(22,23)41(9,10)11/h26-27,31-34,36-38,46H,28-30H2,1-25H3/b27-26-/t31-,32+,33-,34+,36+,37+,38-,43+/m0/s1. The van der Waals surface area contributed by atoms with E-state index in [1.165, 1.54) is 12.2 Å². The number of hydrogen-bond donors (Lipinski definition) is 1. The van der Waals surface area contributed by atoms with Gasteiger partial charge in [0.1, 0.15) is 5.60 Å². The van der Waals surface area contributed by atoms with Gasteiger partial charge in [-0.1, -0.05) is 102 Å². The average molecular weight is 863 g/mol. The van der Waals surface area contributed by atoms with Crippen molar-refractivity contribution in [1.29, 1.82) is 0 Å². The second-order valence-corrected chi connectivity index (χ2v) is 42.2. The lowest BCUT2D eigenvalue weighted by atomic mass is 9.78. The highest BCUT2D eigenvalue weighted by atomic mass is 28.4. The fraction of sp³-hybridized carbons (Fsp3) is 0.930. The van der Waals surface area contributed by atoms with Gasteiger partial charge in [-0.2, -0.15) is 0 Å². The molecule has 0 aromatic carbocycles. The molecule has 1 aliphatic heterocycles. The maximum absolute atomic E-state index is 13.9. The maximum atomic E-state index is 13.9. The Bertz CT molecular complexity index is 1290. The Hall–Kier alpha value is -0.202. The van der Waals surface area contributed by atoms with Crippen molar-refractivity contribution < 1.29 is 37.2 Å². The molecule has 332 valence electrons. The van der Waals surface area contributed by atoms with Crippen molar-refractivity contribution in [2.75, 3.05) is 27.4 Å². The van der Waals surface area contributed by atoms with Crippen molar-refractivity contribution in [2.45, 2.75) is 213 Å². The number of carbonyl (C=O) groups is 1. The molecule has 0 unspecified atom stereocenters. The van der Waals surface area contributed by atoms with E-state index < -0.39 is 69.0 Å². The van der Waals surface area contributed by atoms with Gasteiger partial charge in [0.05, 0.1) is 37.9 Å². The van der Waals surface area contributed by atoms with Crippen molar-refractivity contribution in [1.82, 2.24) is 5.06 Å². The van der Waals surface area contributed by atoms with Crippen LogP contribution >= 0.6 is 0 Å². The Morgan fingerprint density at radius 2 is 1.14 bits per heavy atom. The zero-order valence-corrected chi connectivity index (χ0v) is 45.1. The Morgan fingerprint density at radius 3 is 1.52 bits per heavy atom. The van der Waals surface area contributed by atoms with E-state index in [9.17, 15) is 9.90 Å². The molecule has 0 aromatic rings. The first-order chi connectivity index (χ1) is 24.7. The molecule has 1 saturated heterocycles.